The van der Waals surface area contributed by atoms with Crippen LogP contribution in [-0.2, 0) is 21.9 Å². The first kappa shape index (κ1) is 35.2. The van der Waals surface area contributed by atoms with E-state index < -0.39 is 10.0 Å². The molecule has 0 atom stereocenters. The van der Waals surface area contributed by atoms with Crippen molar-refractivity contribution in [1.29, 1.82) is 0 Å². The molecule has 0 aliphatic carbocycles. The highest BCUT2D eigenvalue weighted by atomic mass is 32.2. The highest BCUT2D eigenvalue weighted by Gasteiger charge is 2.46. The highest BCUT2D eigenvalue weighted by molar-refractivity contribution is 7.88. The van der Waals surface area contributed by atoms with E-state index in [0.29, 0.717) is 44.7 Å². The molecule has 264 valence electrons. The van der Waals surface area contributed by atoms with Crippen LogP contribution in [0.15, 0.2) is 35.3 Å². The summed E-state index contributed by atoms with van der Waals surface area (Å²) in [6.07, 6.45) is 6.57. The second kappa shape index (κ2) is 14.3. The lowest BCUT2D eigenvalue weighted by molar-refractivity contribution is -0.108. The number of piperazine rings is 1. The van der Waals surface area contributed by atoms with Crippen LogP contribution in [-0.4, -0.2) is 135 Å². The minimum absolute atomic E-state index is 0.227. The number of nitrogens with zero attached hydrogens (tertiary/aromatic N) is 5. The number of aromatic nitrogens is 1. The molecule has 1 N–H and O–H groups in total. The van der Waals surface area contributed by atoms with E-state index in [0.717, 1.165) is 75.8 Å². The number of likely N-dealkylation sites (tertiary alicyclic amines) is 2. The summed E-state index contributed by atoms with van der Waals surface area (Å²) < 4.78 is 33.0. The van der Waals surface area contributed by atoms with Crippen LogP contribution in [0.2, 0.25) is 0 Å². The number of fused-ring (bicyclic) bond motifs is 1. The van der Waals surface area contributed by atoms with Crippen LogP contribution in [0.1, 0.15) is 39.3 Å². The Morgan fingerprint density at radius 2 is 1.78 bits per heavy atom. The van der Waals surface area contributed by atoms with Crippen molar-refractivity contribution in [2.75, 3.05) is 85.4 Å². The highest BCUT2D eigenvalue weighted by Crippen LogP contribution is 2.39. The van der Waals surface area contributed by atoms with E-state index in [1.165, 1.54) is 27.3 Å². The summed E-state index contributed by atoms with van der Waals surface area (Å²) in [5, 5.41) is 3.46. The number of rotatable bonds is 12. The largest absolute Gasteiger partial charge is 0.496 e. The van der Waals surface area contributed by atoms with Crippen LogP contribution in [0.25, 0.3) is 21.2 Å². The van der Waals surface area contributed by atoms with E-state index in [4.69, 9.17) is 4.74 Å². The Labute approximate surface area is 290 Å². The van der Waals surface area contributed by atoms with Gasteiger partial charge in [-0.1, -0.05) is 6.07 Å². The number of pyridine rings is 1. The van der Waals surface area contributed by atoms with Gasteiger partial charge in [0.2, 0.25) is 10.0 Å². The monoisotopic (exact) mass is 712 g/mol. The number of nitrogens with one attached hydrogen (secondary N) is 1. The van der Waals surface area contributed by atoms with Crippen molar-refractivity contribution in [3.63, 3.8) is 0 Å². The van der Waals surface area contributed by atoms with Gasteiger partial charge in [0.25, 0.3) is 17.4 Å². The van der Waals surface area contributed by atoms with Crippen LogP contribution in [0, 0.1) is 5.41 Å². The summed E-state index contributed by atoms with van der Waals surface area (Å²) in [5.41, 5.74) is 1.98. The molecule has 3 saturated heterocycles. The first-order chi connectivity index (χ1) is 23.4. The number of thiophene rings is 1. The Balaban J connectivity index is 1.11. The van der Waals surface area contributed by atoms with Crippen molar-refractivity contribution in [3.8, 4) is 16.9 Å². The molecule has 3 aromatic rings. The van der Waals surface area contributed by atoms with E-state index >= 15 is 0 Å². The van der Waals surface area contributed by atoms with Gasteiger partial charge in [0.15, 0.2) is 0 Å². The number of carbonyl (C=O) groups is 3. The number of ether oxygens (including phenoxy) is 1. The molecule has 1 aromatic carbocycles. The van der Waals surface area contributed by atoms with Crippen LogP contribution >= 0.6 is 11.3 Å². The van der Waals surface area contributed by atoms with Gasteiger partial charge in [-0.3, -0.25) is 14.4 Å². The van der Waals surface area contributed by atoms with Gasteiger partial charge in [-0.25, -0.2) is 8.42 Å². The molecule has 0 bridgehead atoms. The number of unbranched alkanes of at least 4 members (excludes halogenated alkanes) is 1. The Morgan fingerprint density at radius 1 is 1.04 bits per heavy atom. The third-order valence-electron chi connectivity index (χ3n) is 9.96. The van der Waals surface area contributed by atoms with Gasteiger partial charge in [0, 0.05) is 94.2 Å². The van der Waals surface area contributed by atoms with Crippen LogP contribution in [0.4, 0.5) is 0 Å². The van der Waals surface area contributed by atoms with Crippen molar-refractivity contribution in [1.82, 2.24) is 28.9 Å². The predicted molar refractivity (Wildman–Crippen MR) is 189 cm³/mol. The molecule has 0 saturated carbocycles. The average Bonchev–Trinajstić information content (AvgIpc) is 3.71. The van der Waals surface area contributed by atoms with Crippen LogP contribution in [0.5, 0.6) is 5.75 Å². The zero-order valence-corrected chi connectivity index (χ0v) is 29.9. The second-order valence-corrected chi connectivity index (χ2v) is 16.5. The summed E-state index contributed by atoms with van der Waals surface area (Å²) in [6.45, 7) is 7.45. The molecule has 15 heteroatoms. The minimum Gasteiger partial charge on any atom is -0.496 e. The molecule has 3 aliphatic heterocycles. The molecule has 2 aromatic heterocycles. The van der Waals surface area contributed by atoms with Gasteiger partial charge >= 0.3 is 0 Å². The Bertz CT molecular complexity index is 1910. The van der Waals surface area contributed by atoms with Gasteiger partial charge in [0.1, 0.15) is 12.0 Å². The third-order valence-corrected chi connectivity index (χ3v) is 12.4. The smallest absolute Gasteiger partial charge is 0.264 e. The molecular formula is C34H44N6O7S2. The second-order valence-electron chi connectivity index (χ2n) is 13.5. The molecule has 0 radical (unpaired) electrons. The van der Waals surface area contributed by atoms with Crippen LogP contribution < -0.4 is 15.6 Å². The van der Waals surface area contributed by atoms with E-state index in [9.17, 15) is 27.6 Å². The fourth-order valence-electron chi connectivity index (χ4n) is 7.35. The number of amides is 2. The molecule has 6 rings (SSSR count). The normalized spacial score (nSPS) is 18.6. The molecule has 49 heavy (non-hydrogen) atoms. The Hall–Kier alpha value is -3.63. The predicted octanol–water partition coefficient (Wildman–Crippen LogP) is 1.71. The summed E-state index contributed by atoms with van der Waals surface area (Å²) in [6, 6.07) is 6.95. The summed E-state index contributed by atoms with van der Waals surface area (Å²) in [4.78, 5) is 57.3. The first-order valence-corrected chi connectivity index (χ1v) is 19.3. The maximum Gasteiger partial charge on any atom is 0.264 e. The average molecular weight is 713 g/mol. The van der Waals surface area contributed by atoms with Crippen molar-refractivity contribution >= 4 is 49.5 Å². The number of aldehydes is 1. The molecule has 1 spiro atoms. The van der Waals surface area contributed by atoms with Crippen molar-refractivity contribution in [2.45, 2.75) is 19.3 Å². The van der Waals surface area contributed by atoms with E-state index in [1.807, 2.05) is 6.07 Å². The third kappa shape index (κ3) is 7.45. The maximum atomic E-state index is 13.4. The molecular weight excluding hydrogens is 669 g/mol. The molecule has 3 aliphatic rings. The summed E-state index contributed by atoms with van der Waals surface area (Å²) in [7, 11) is -0.153. The number of hydrogen-bond donors (Lipinski definition) is 1. The topological polar surface area (TPSA) is 142 Å². The van der Waals surface area contributed by atoms with E-state index in [1.54, 1.807) is 36.3 Å². The first-order valence-electron chi connectivity index (χ1n) is 16.6. The summed E-state index contributed by atoms with van der Waals surface area (Å²) >= 11 is 1.23. The van der Waals surface area contributed by atoms with Gasteiger partial charge < -0.3 is 34.1 Å². The summed E-state index contributed by atoms with van der Waals surface area (Å²) in [5.74, 6) is -0.0671. The minimum atomic E-state index is -3.33. The fraction of sp³-hybridized carbons (Fsp3) is 0.529. The van der Waals surface area contributed by atoms with Gasteiger partial charge in [0.05, 0.1) is 29.2 Å². The fourth-order valence-corrected chi connectivity index (χ4v) is 9.32. The zero-order chi connectivity index (χ0) is 34.9. The Kier molecular flexibility index (Phi) is 10.3. The number of aryl methyl sites for hydroxylation is 1. The maximum absolute atomic E-state index is 13.4. The van der Waals surface area contributed by atoms with Gasteiger partial charge in [-0.05, 0) is 49.7 Å². The standard InChI is InChI=1S/C34H44N6O7S2/c1-36-20-27(30-26(32(36)43)19-29(48-30)33(44)39-13-15-40(16-14-39)49(3,45)46)24-6-7-25(28(18-24)47-2)31(42)35-9-12-37-11-8-34(21-37)22-38(23-34)10-4-5-17-41/h6-7,17-20H,4-5,8-16,21-23H2,1-3H3,(H,35,42). The van der Waals surface area contributed by atoms with Crippen molar-refractivity contribution in [3.05, 3.63) is 51.3 Å². The SMILES string of the molecule is COc1cc(-c2cn(C)c(=O)c3cc(C(=O)N4CCN(S(C)(=O)=O)CC4)sc23)ccc1C(=O)NCCN1CCC2(C1)CN(CCCC=O)C2. The van der Waals surface area contributed by atoms with E-state index in [2.05, 4.69) is 15.1 Å². The molecule has 2 amide bonds. The van der Waals surface area contributed by atoms with Gasteiger partial charge in [-0.2, -0.15) is 4.31 Å². The van der Waals surface area contributed by atoms with Crippen LogP contribution in [0.3, 0.4) is 0 Å². The molecule has 3 fully saturated rings. The molecule has 13 nitrogen and oxygen atoms in total. The lowest BCUT2D eigenvalue weighted by atomic mass is 9.79. The Morgan fingerprint density at radius 3 is 2.47 bits per heavy atom. The molecule has 0 unspecified atom stereocenters. The van der Waals surface area contributed by atoms with Crippen molar-refractivity contribution < 1.29 is 27.5 Å². The lowest BCUT2D eigenvalue weighted by Crippen LogP contribution is -2.57. The lowest BCUT2D eigenvalue weighted by Gasteiger charge is -2.48. The quantitative estimate of drug-likeness (QED) is 0.220. The number of hydrogen-bond acceptors (Lipinski definition) is 10. The van der Waals surface area contributed by atoms with E-state index in [-0.39, 0.29) is 43.6 Å². The number of carbonyl (C=O) groups excluding carboxylic acids is 3. The number of sulfonamides is 1. The number of methoxy groups -OCH3 is 1. The molecule has 5 heterocycles. The number of benzene rings is 1. The van der Waals surface area contributed by atoms with Crippen molar-refractivity contribution in [2.24, 2.45) is 12.5 Å². The zero-order valence-electron chi connectivity index (χ0n) is 28.3. The van der Waals surface area contributed by atoms with Gasteiger partial charge in [-0.15, -0.1) is 11.3 Å².